The van der Waals surface area contributed by atoms with Crippen molar-refractivity contribution in [1.82, 2.24) is 0 Å². The first-order valence-electron chi connectivity index (χ1n) is 4.05. The number of halogens is 1. The Hall–Kier alpha value is -1.55. The van der Waals surface area contributed by atoms with E-state index in [2.05, 4.69) is 0 Å². The Morgan fingerprint density at radius 3 is 2.00 bits per heavy atom. The average Bonchev–Trinajstić information content (AvgIpc) is 2.26. The van der Waals surface area contributed by atoms with E-state index in [9.17, 15) is 9.59 Å². The van der Waals surface area contributed by atoms with E-state index in [4.69, 9.17) is 21.1 Å². The van der Waals surface area contributed by atoms with Gasteiger partial charge in [-0.05, 0) is 23.7 Å². The molecule has 0 atom stereocenters. The van der Waals surface area contributed by atoms with Gasteiger partial charge in [0.2, 0.25) is 0 Å². The summed E-state index contributed by atoms with van der Waals surface area (Å²) in [5.74, 6) is 0.515. The van der Waals surface area contributed by atoms with Crippen LogP contribution in [0.3, 0.4) is 0 Å². The third-order valence-electron chi connectivity index (χ3n) is 1.89. The summed E-state index contributed by atoms with van der Waals surface area (Å²) in [6.45, 7) is 0. The van der Waals surface area contributed by atoms with E-state index in [1.807, 2.05) is 0 Å². The summed E-state index contributed by atoms with van der Waals surface area (Å²) < 4.78 is 9.89. The summed E-state index contributed by atoms with van der Waals surface area (Å²) >= 11 is 5.32. The molecule has 4 nitrogen and oxygen atoms in total. The maximum atomic E-state index is 10.9. The smallest absolute Gasteiger partial charge is 0.252 e. The minimum absolute atomic E-state index is 0.218. The van der Waals surface area contributed by atoms with Gasteiger partial charge < -0.3 is 9.47 Å². The minimum Gasteiger partial charge on any atom is -0.496 e. The molecule has 0 amide bonds. The first-order valence-corrected chi connectivity index (χ1v) is 4.42. The summed E-state index contributed by atoms with van der Waals surface area (Å²) in [6, 6.07) is 2.78. The van der Waals surface area contributed by atoms with E-state index in [-0.39, 0.29) is 22.6 Å². The zero-order valence-electron chi connectivity index (χ0n) is 8.24. The molecule has 0 spiro atoms. The predicted octanol–water partition coefficient (Wildman–Crippen LogP) is 1.90. The second kappa shape index (κ2) is 4.79. The fraction of sp³-hybridized carbons (Fsp3) is 0.200. The molecule has 1 rings (SSSR count). The lowest BCUT2D eigenvalue weighted by molar-refractivity contribution is 0.107. The quantitative estimate of drug-likeness (QED) is 0.583. The van der Waals surface area contributed by atoms with E-state index >= 15 is 0 Å². The molecule has 0 saturated heterocycles. The molecule has 1 aromatic carbocycles. The number of hydrogen-bond donors (Lipinski definition) is 0. The van der Waals surface area contributed by atoms with Crippen LogP contribution in [-0.2, 0) is 0 Å². The molecule has 0 bridgehead atoms. The monoisotopic (exact) mass is 228 g/mol. The van der Waals surface area contributed by atoms with E-state index in [0.29, 0.717) is 6.29 Å². The van der Waals surface area contributed by atoms with Gasteiger partial charge in [-0.15, -0.1) is 0 Å². The van der Waals surface area contributed by atoms with Gasteiger partial charge in [-0.3, -0.25) is 9.59 Å². The predicted molar refractivity (Wildman–Crippen MR) is 55.1 cm³/mol. The normalized spacial score (nSPS) is 9.53. The number of ether oxygens (including phenoxy) is 2. The maximum absolute atomic E-state index is 10.9. The molecule has 1 aromatic rings. The molecule has 0 aliphatic heterocycles. The second-order valence-corrected chi connectivity index (χ2v) is 3.03. The molecular weight excluding hydrogens is 220 g/mol. The highest BCUT2D eigenvalue weighted by Gasteiger charge is 2.14. The summed E-state index contributed by atoms with van der Waals surface area (Å²) in [7, 11) is 2.79. The minimum atomic E-state index is -0.635. The number of methoxy groups -OCH3 is 2. The summed E-state index contributed by atoms with van der Waals surface area (Å²) in [4.78, 5) is 21.7. The molecule has 0 fully saturated rings. The first kappa shape index (κ1) is 11.5. The number of benzene rings is 1. The van der Waals surface area contributed by atoms with Gasteiger partial charge >= 0.3 is 0 Å². The fourth-order valence-corrected chi connectivity index (χ4v) is 1.28. The van der Waals surface area contributed by atoms with E-state index < -0.39 is 5.24 Å². The van der Waals surface area contributed by atoms with Crippen molar-refractivity contribution in [2.75, 3.05) is 14.2 Å². The average molecular weight is 229 g/mol. The standard InChI is InChI=1S/C10H9ClO4/c1-14-8-3-6(10(11)13)4-9(15-2)7(8)5-12/h3-5H,1-2H3. The van der Waals surface area contributed by atoms with E-state index in [1.54, 1.807) is 0 Å². The lowest BCUT2D eigenvalue weighted by atomic mass is 10.1. The highest BCUT2D eigenvalue weighted by molar-refractivity contribution is 6.67. The molecule has 80 valence electrons. The SMILES string of the molecule is COc1cc(C(=O)Cl)cc(OC)c1C=O. The Kier molecular flexibility index (Phi) is 3.68. The maximum Gasteiger partial charge on any atom is 0.252 e. The number of carbonyl (C=O) groups excluding carboxylic acids is 2. The Balaban J connectivity index is 3.41. The van der Waals surface area contributed by atoms with Crippen molar-refractivity contribution in [2.24, 2.45) is 0 Å². The molecule has 0 aromatic heterocycles. The topological polar surface area (TPSA) is 52.6 Å². The molecule has 0 unspecified atom stereocenters. The lowest BCUT2D eigenvalue weighted by Crippen LogP contribution is -1.99. The molecule has 5 heteroatoms. The third kappa shape index (κ3) is 2.27. The van der Waals surface area contributed by atoms with Crippen LogP contribution < -0.4 is 9.47 Å². The number of rotatable bonds is 4. The van der Waals surface area contributed by atoms with Crippen LogP contribution >= 0.6 is 11.6 Å². The summed E-state index contributed by atoms with van der Waals surface area (Å²) in [6.07, 6.45) is 0.597. The van der Waals surface area contributed by atoms with Crippen LogP contribution in [0.15, 0.2) is 12.1 Å². The van der Waals surface area contributed by atoms with Crippen molar-refractivity contribution in [3.05, 3.63) is 23.3 Å². The van der Waals surface area contributed by atoms with Crippen molar-refractivity contribution < 1.29 is 19.1 Å². The Labute approximate surface area is 91.7 Å². The molecule has 0 saturated carbocycles. The zero-order valence-corrected chi connectivity index (χ0v) is 9.00. The summed E-state index contributed by atoms with van der Waals surface area (Å²) in [5.41, 5.74) is 0.470. The highest BCUT2D eigenvalue weighted by atomic mass is 35.5. The number of aldehydes is 1. The Morgan fingerprint density at radius 2 is 1.73 bits per heavy atom. The van der Waals surface area contributed by atoms with E-state index in [1.165, 1.54) is 26.4 Å². The highest BCUT2D eigenvalue weighted by Crippen LogP contribution is 2.29. The fourth-order valence-electron chi connectivity index (χ4n) is 1.17. The molecule has 0 N–H and O–H groups in total. The van der Waals surface area contributed by atoms with Crippen molar-refractivity contribution in [2.45, 2.75) is 0 Å². The van der Waals surface area contributed by atoms with Gasteiger partial charge in [0.25, 0.3) is 5.24 Å². The van der Waals surface area contributed by atoms with Crippen LogP contribution in [0.25, 0.3) is 0 Å². The first-order chi connectivity index (χ1) is 7.13. The van der Waals surface area contributed by atoms with Crippen molar-refractivity contribution in [1.29, 1.82) is 0 Å². The number of carbonyl (C=O) groups is 2. The zero-order chi connectivity index (χ0) is 11.4. The largest absolute Gasteiger partial charge is 0.496 e. The van der Waals surface area contributed by atoms with Crippen LogP contribution in [0.1, 0.15) is 20.7 Å². The molecule has 0 aliphatic carbocycles. The van der Waals surface area contributed by atoms with Gasteiger partial charge in [-0.1, -0.05) is 0 Å². The van der Waals surface area contributed by atoms with Crippen molar-refractivity contribution in [3.8, 4) is 11.5 Å². The third-order valence-corrected chi connectivity index (χ3v) is 2.11. The van der Waals surface area contributed by atoms with Crippen molar-refractivity contribution >= 4 is 23.1 Å². The van der Waals surface area contributed by atoms with Gasteiger partial charge in [0, 0.05) is 5.56 Å². The van der Waals surface area contributed by atoms with Gasteiger partial charge in [0.1, 0.15) is 11.5 Å². The van der Waals surface area contributed by atoms with Crippen LogP contribution in [0.5, 0.6) is 11.5 Å². The van der Waals surface area contributed by atoms with Gasteiger partial charge in [0.05, 0.1) is 19.8 Å². The van der Waals surface area contributed by atoms with Crippen molar-refractivity contribution in [3.63, 3.8) is 0 Å². The Morgan fingerprint density at radius 1 is 1.27 bits per heavy atom. The lowest BCUT2D eigenvalue weighted by Gasteiger charge is -2.09. The number of hydrogen-bond acceptors (Lipinski definition) is 4. The van der Waals surface area contributed by atoms with E-state index in [0.717, 1.165) is 0 Å². The molecule has 0 aliphatic rings. The summed E-state index contributed by atoms with van der Waals surface area (Å²) in [5, 5.41) is -0.635. The van der Waals surface area contributed by atoms with Crippen LogP contribution in [0.2, 0.25) is 0 Å². The van der Waals surface area contributed by atoms with Crippen LogP contribution in [0, 0.1) is 0 Å². The van der Waals surface area contributed by atoms with Crippen LogP contribution in [-0.4, -0.2) is 25.7 Å². The van der Waals surface area contributed by atoms with Gasteiger partial charge in [-0.2, -0.15) is 0 Å². The molecular formula is C10H9ClO4. The Bertz CT molecular complexity index is 375. The molecule has 15 heavy (non-hydrogen) atoms. The second-order valence-electron chi connectivity index (χ2n) is 2.69. The van der Waals surface area contributed by atoms with Crippen LogP contribution in [0.4, 0.5) is 0 Å². The van der Waals surface area contributed by atoms with Gasteiger partial charge in [-0.25, -0.2) is 0 Å². The molecule has 0 radical (unpaired) electrons. The molecule has 0 heterocycles. The van der Waals surface area contributed by atoms with Gasteiger partial charge in [0.15, 0.2) is 6.29 Å².